The normalized spacial score (nSPS) is 21.8. The summed E-state index contributed by atoms with van der Waals surface area (Å²) in [7, 11) is 0. The highest BCUT2D eigenvalue weighted by molar-refractivity contribution is 6.25. The number of hydrogen-bond donors (Lipinski definition) is 0. The van der Waals surface area contributed by atoms with Crippen molar-refractivity contribution in [3.05, 3.63) is 96.3 Å². The molecule has 0 aliphatic carbocycles. The number of benzene rings is 3. The summed E-state index contributed by atoms with van der Waals surface area (Å²) < 4.78 is 0. The summed E-state index contributed by atoms with van der Waals surface area (Å²) in [5.74, 6) is -0.503. The first-order valence-electron chi connectivity index (χ1n) is 12.5. The SMILES string of the molecule is N#Cc1ncc(N2C(=O)[C@@H]3[C@@H]4C[C@@H](CN4C(=O)c4ccc(-c5ccccc5)cc4)N3C2=O)c2ccccc12. The Bertz CT molecular complexity index is 1680. The van der Waals surface area contributed by atoms with E-state index in [0.29, 0.717) is 35.0 Å². The van der Waals surface area contributed by atoms with E-state index < -0.39 is 12.1 Å². The third-order valence-corrected chi connectivity index (χ3v) is 7.89. The molecule has 8 heteroatoms. The maximum Gasteiger partial charge on any atom is 0.332 e. The van der Waals surface area contributed by atoms with Crippen LogP contribution in [0.4, 0.5) is 10.5 Å². The number of urea groups is 1. The Hall–Kier alpha value is -5.03. The van der Waals surface area contributed by atoms with E-state index in [0.717, 1.165) is 11.1 Å². The maximum absolute atomic E-state index is 13.7. The Kier molecular flexibility index (Phi) is 4.82. The molecular formula is C30H21N5O3. The van der Waals surface area contributed by atoms with E-state index in [1.165, 1.54) is 11.1 Å². The number of imide groups is 1. The Morgan fingerprint density at radius 3 is 2.32 bits per heavy atom. The summed E-state index contributed by atoms with van der Waals surface area (Å²) in [5.41, 5.74) is 3.24. The number of carbonyl (C=O) groups is 3. The summed E-state index contributed by atoms with van der Waals surface area (Å²) in [4.78, 5) is 49.5. The van der Waals surface area contributed by atoms with Crippen LogP contribution < -0.4 is 4.90 Å². The molecule has 184 valence electrons. The minimum absolute atomic E-state index is 0.138. The average molecular weight is 500 g/mol. The van der Waals surface area contributed by atoms with Gasteiger partial charge in [-0.05, 0) is 29.7 Å². The van der Waals surface area contributed by atoms with E-state index in [9.17, 15) is 19.6 Å². The molecule has 7 rings (SSSR count). The van der Waals surface area contributed by atoms with Crippen molar-refractivity contribution in [2.24, 2.45) is 0 Å². The number of nitrogens with zero attached hydrogens (tertiary/aromatic N) is 5. The molecule has 0 radical (unpaired) electrons. The Morgan fingerprint density at radius 1 is 0.895 bits per heavy atom. The molecule has 3 aromatic carbocycles. The first-order valence-corrected chi connectivity index (χ1v) is 12.5. The molecule has 3 atom stereocenters. The first-order chi connectivity index (χ1) is 18.6. The van der Waals surface area contributed by atoms with Crippen LogP contribution in [0.25, 0.3) is 21.9 Å². The van der Waals surface area contributed by atoms with Crippen molar-refractivity contribution in [1.29, 1.82) is 5.26 Å². The lowest BCUT2D eigenvalue weighted by atomic mass is 10.0. The van der Waals surface area contributed by atoms with Gasteiger partial charge in [0.25, 0.3) is 11.8 Å². The van der Waals surface area contributed by atoms with Gasteiger partial charge in [-0.2, -0.15) is 5.26 Å². The molecular weight excluding hydrogens is 478 g/mol. The number of pyridine rings is 1. The number of carbonyl (C=O) groups excluding carboxylic acids is 3. The second-order valence-electron chi connectivity index (χ2n) is 9.82. The van der Waals surface area contributed by atoms with Gasteiger partial charge in [0.1, 0.15) is 17.8 Å². The molecule has 0 saturated carbocycles. The van der Waals surface area contributed by atoms with Gasteiger partial charge in [0.2, 0.25) is 0 Å². The van der Waals surface area contributed by atoms with Crippen molar-refractivity contribution < 1.29 is 14.4 Å². The standard InChI is InChI=1S/C30H21N5O3/c31-15-24-22-8-4-5-9-23(22)26(16-32-24)35-29(37)27-25-14-21(34(27)30(35)38)17-33(25)28(36)20-12-10-19(11-13-20)18-6-2-1-3-7-18/h1-13,16,21,25,27H,14,17H2/t21-,25-,27-/m0/s1. The van der Waals surface area contributed by atoms with Crippen LogP contribution in [0.1, 0.15) is 22.5 Å². The third-order valence-electron chi connectivity index (χ3n) is 7.89. The number of amides is 4. The molecule has 38 heavy (non-hydrogen) atoms. The average Bonchev–Trinajstić information content (AvgIpc) is 3.64. The highest BCUT2D eigenvalue weighted by Crippen LogP contribution is 2.44. The van der Waals surface area contributed by atoms with Gasteiger partial charge in [-0.25, -0.2) is 14.7 Å². The van der Waals surface area contributed by atoms with Crippen molar-refractivity contribution in [2.75, 3.05) is 11.4 Å². The van der Waals surface area contributed by atoms with Crippen molar-refractivity contribution in [3.63, 3.8) is 0 Å². The van der Waals surface area contributed by atoms with Crippen LogP contribution in [0.2, 0.25) is 0 Å². The van der Waals surface area contributed by atoms with Crippen molar-refractivity contribution in [1.82, 2.24) is 14.8 Å². The Morgan fingerprint density at radius 2 is 1.58 bits per heavy atom. The summed E-state index contributed by atoms with van der Waals surface area (Å²) >= 11 is 0. The number of likely N-dealkylation sites (tertiary alicyclic amines) is 1. The van der Waals surface area contributed by atoms with E-state index in [2.05, 4.69) is 11.1 Å². The van der Waals surface area contributed by atoms with Gasteiger partial charge in [0.15, 0.2) is 0 Å². The van der Waals surface area contributed by atoms with Gasteiger partial charge in [-0.1, -0.05) is 66.7 Å². The number of anilines is 1. The largest absolute Gasteiger partial charge is 0.332 e. The Balaban J connectivity index is 1.18. The molecule has 3 aliphatic rings. The Labute approximate surface area is 218 Å². The monoisotopic (exact) mass is 499 g/mol. The summed E-state index contributed by atoms with van der Waals surface area (Å²) in [5, 5.41) is 10.6. The second-order valence-corrected chi connectivity index (χ2v) is 9.82. The van der Waals surface area contributed by atoms with E-state index in [4.69, 9.17) is 0 Å². The number of hydrogen-bond acceptors (Lipinski definition) is 5. The third kappa shape index (κ3) is 3.08. The van der Waals surface area contributed by atoms with Crippen LogP contribution in [0.3, 0.4) is 0 Å². The van der Waals surface area contributed by atoms with Crippen LogP contribution in [-0.2, 0) is 4.79 Å². The number of rotatable bonds is 3. The predicted molar refractivity (Wildman–Crippen MR) is 140 cm³/mol. The fraction of sp³-hybridized carbons (Fsp3) is 0.167. The lowest BCUT2D eigenvalue weighted by Crippen LogP contribution is -2.54. The molecule has 8 nitrogen and oxygen atoms in total. The second kappa shape index (κ2) is 8.25. The smallest absolute Gasteiger partial charge is 0.331 e. The molecule has 4 aromatic rings. The fourth-order valence-electron chi connectivity index (χ4n) is 6.16. The molecule has 4 heterocycles. The lowest BCUT2D eigenvalue weighted by molar-refractivity contribution is -0.121. The van der Waals surface area contributed by atoms with Crippen molar-refractivity contribution in [2.45, 2.75) is 24.5 Å². The van der Waals surface area contributed by atoms with E-state index in [1.807, 2.05) is 54.6 Å². The van der Waals surface area contributed by atoms with E-state index in [-0.39, 0.29) is 29.6 Å². The van der Waals surface area contributed by atoms with Gasteiger partial charge >= 0.3 is 6.03 Å². The number of piperazine rings is 1. The topological polar surface area (TPSA) is 97.6 Å². The maximum atomic E-state index is 13.7. The summed E-state index contributed by atoms with van der Waals surface area (Å²) in [6, 6.07) is 24.9. The summed E-state index contributed by atoms with van der Waals surface area (Å²) in [6.07, 6.45) is 1.99. The minimum Gasteiger partial charge on any atom is -0.331 e. The van der Waals surface area contributed by atoms with E-state index >= 15 is 0 Å². The van der Waals surface area contributed by atoms with Gasteiger partial charge in [0, 0.05) is 22.9 Å². The number of nitriles is 1. The highest BCUT2D eigenvalue weighted by Gasteiger charge is 2.63. The lowest BCUT2D eigenvalue weighted by Gasteiger charge is -2.35. The number of fused-ring (bicyclic) bond motifs is 6. The van der Waals surface area contributed by atoms with Gasteiger partial charge in [0.05, 0.1) is 24.0 Å². The molecule has 0 spiro atoms. The van der Waals surface area contributed by atoms with Gasteiger partial charge in [-0.15, -0.1) is 0 Å². The molecule has 0 N–H and O–H groups in total. The zero-order chi connectivity index (χ0) is 26.0. The molecule has 3 aliphatic heterocycles. The zero-order valence-electron chi connectivity index (χ0n) is 20.2. The molecule has 4 amide bonds. The summed E-state index contributed by atoms with van der Waals surface area (Å²) in [6.45, 7) is 0.389. The zero-order valence-corrected chi connectivity index (χ0v) is 20.2. The highest BCUT2D eigenvalue weighted by atomic mass is 16.2. The van der Waals surface area contributed by atoms with Crippen LogP contribution >= 0.6 is 0 Å². The van der Waals surface area contributed by atoms with Crippen LogP contribution in [0.15, 0.2) is 85.1 Å². The van der Waals surface area contributed by atoms with Crippen LogP contribution in [0, 0.1) is 11.3 Å². The van der Waals surface area contributed by atoms with Gasteiger partial charge < -0.3 is 9.80 Å². The van der Waals surface area contributed by atoms with Gasteiger partial charge in [-0.3, -0.25) is 9.59 Å². The number of aromatic nitrogens is 1. The quantitative estimate of drug-likeness (QED) is 0.394. The van der Waals surface area contributed by atoms with E-state index in [1.54, 1.807) is 34.1 Å². The molecule has 3 fully saturated rings. The molecule has 3 saturated heterocycles. The molecule has 2 bridgehead atoms. The fourth-order valence-corrected chi connectivity index (χ4v) is 6.16. The first kappa shape index (κ1) is 22.2. The van der Waals surface area contributed by atoms with Crippen LogP contribution in [0.5, 0.6) is 0 Å². The van der Waals surface area contributed by atoms with Crippen molar-refractivity contribution in [3.8, 4) is 17.2 Å². The van der Waals surface area contributed by atoms with Crippen molar-refractivity contribution >= 4 is 34.3 Å². The molecule has 0 unspecified atom stereocenters. The predicted octanol–water partition coefficient (Wildman–Crippen LogP) is 4.21. The van der Waals surface area contributed by atoms with Crippen LogP contribution in [-0.4, -0.2) is 57.3 Å². The minimum atomic E-state index is -0.733. The molecule has 1 aromatic heterocycles.